The largest absolute Gasteiger partial charge is 0.512 e. The number of allylic oxidation sites excluding steroid dienone is 2. The number of aliphatic hydroxyl groups excluding tert-OH is 1. The summed E-state index contributed by atoms with van der Waals surface area (Å²) in [6.45, 7) is 11.3. The summed E-state index contributed by atoms with van der Waals surface area (Å²) in [5.41, 5.74) is 15.9. The number of aryl methyl sites for hydroxylation is 4. The van der Waals surface area contributed by atoms with Crippen molar-refractivity contribution in [1.29, 1.82) is 0 Å². The van der Waals surface area contributed by atoms with Gasteiger partial charge in [-0.3, -0.25) is 4.79 Å². The molecule has 62 heavy (non-hydrogen) atoms. The van der Waals surface area contributed by atoms with Crippen molar-refractivity contribution in [3.05, 3.63) is 204 Å². The molecule has 10 aromatic rings. The first kappa shape index (κ1) is 43.2. The molecule has 0 saturated heterocycles. The molecule has 0 amide bonds. The number of fused-ring (bicyclic) bond motifs is 6. The SMILES string of the molecule is CC(=O)/C=C(/C)O.Cc1c[c-]c(-c2cc(-n3c4ccccc4c4ccccc43)ccn2)c(C)c1.Cc1c[c-]c(-c2cc(-n3c4ccccc4c4ccccc43)ccn2)c(C)c1.[Ir]. The summed E-state index contributed by atoms with van der Waals surface area (Å²) in [5.74, 6) is -0.0625. The van der Waals surface area contributed by atoms with Gasteiger partial charge >= 0.3 is 0 Å². The number of ketones is 1. The van der Waals surface area contributed by atoms with Crippen molar-refractivity contribution in [2.24, 2.45) is 0 Å². The van der Waals surface area contributed by atoms with Gasteiger partial charge in [0.1, 0.15) is 0 Å². The Morgan fingerprint density at radius 2 is 0.871 bits per heavy atom. The minimum atomic E-state index is -0.125. The number of para-hydroxylation sites is 4. The molecular formula is C55H46IrN4O2-2. The van der Waals surface area contributed by atoms with Crippen LogP contribution in [0.25, 0.3) is 77.5 Å². The Morgan fingerprint density at radius 3 is 1.16 bits per heavy atom. The fourth-order valence-corrected chi connectivity index (χ4v) is 8.15. The van der Waals surface area contributed by atoms with E-state index in [1.54, 1.807) is 0 Å². The van der Waals surface area contributed by atoms with Crippen molar-refractivity contribution >= 4 is 49.4 Å². The van der Waals surface area contributed by atoms with E-state index in [0.717, 1.165) is 33.9 Å². The fourth-order valence-electron chi connectivity index (χ4n) is 8.15. The molecule has 4 heterocycles. The Kier molecular flexibility index (Phi) is 13.1. The summed E-state index contributed by atoms with van der Waals surface area (Å²) in [6.07, 6.45) is 4.95. The zero-order valence-electron chi connectivity index (χ0n) is 35.6. The molecule has 0 atom stereocenters. The first-order valence-electron chi connectivity index (χ1n) is 20.3. The molecule has 0 spiro atoms. The summed E-state index contributed by atoms with van der Waals surface area (Å²) >= 11 is 0. The summed E-state index contributed by atoms with van der Waals surface area (Å²) in [5, 5.41) is 13.4. The number of hydrogen-bond acceptors (Lipinski definition) is 4. The van der Waals surface area contributed by atoms with Crippen molar-refractivity contribution in [1.82, 2.24) is 19.1 Å². The van der Waals surface area contributed by atoms with Crippen LogP contribution in [0.5, 0.6) is 0 Å². The van der Waals surface area contributed by atoms with E-state index in [9.17, 15) is 4.79 Å². The maximum absolute atomic E-state index is 10.0. The Balaban J connectivity index is 0.000000160. The zero-order valence-corrected chi connectivity index (χ0v) is 38.0. The number of pyridine rings is 2. The average molecular weight is 987 g/mol. The van der Waals surface area contributed by atoms with Crippen LogP contribution in [0.15, 0.2) is 170 Å². The average Bonchev–Trinajstić information content (AvgIpc) is 3.77. The van der Waals surface area contributed by atoms with Gasteiger partial charge in [0.2, 0.25) is 0 Å². The molecule has 0 aliphatic heterocycles. The van der Waals surface area contributed by atoms with Gasteiger partial charge in [-0.15, -0.1) is 69.8 Å². The van der Waals surface area contributed by atoms with E-state index < -0.39 is 0 Å². The second-order valence-electron chi connectivity index (χ2n) is 15.4. The summed E-state index contributed by atoms with van der Waals surface area (Å²) in [6, 6.07) is 57.9. The number of carbonyl (C=O) groups excluding carboxylic acids is 1. The molecule has 1 N–H and O–H groups in total. The Morgan fingerprint density at radius 1 is 0.532 bits per heavy atom. The van der Waals surface area contributed by atoms with Gasteiger partial charge in [0.15, 0.2) is 5.78 Å². The van der Waals surface area contributed by atoms with Crippen LogP contribution in [0.1, 0.15) is 36.1 Å². The van der Waals surface area contributed by atoms with Crippen LogP contribution in [0, 0.1) is 39.8 Å². The molecule has 309 valence electrons. The predicted molar refractivity (Wildman–Crippen MR) is 252 cm³/mol. The van der Waals surface area contributed by atoms with Crippen molar-refractivity contribution in [2.45, 2.75) is 41.5 Å². The normalized spacial score (nSPS) is 11.2. The third kappa shape index (κ3) is 8.91. The Labute approximate surface area is 376 Å². The third-order valence-electron chi connectivity index (χ3n) is 10.7. The van der Waals surface area contributed by atoms with E-state index in [4.69, 9.17) is 5.11 Å². The van der Waals surface area contributed by atoms with Gasteiger partial charge in [0.05, 0.1) is 27.8 Å². The molecule has 7 heteroatoms. The molecule has 6 aromatic carbocycles. The van der Waals surface area contributed by atoms with E-state index in [1.807, 2.05) is 24.5 Å². The molecule has 10 rings (SSSR count). The molecule has 0 unspecified atom stereocenters. The van der Waals surface area contributed by atoms with Crippen LogP contribution in [-0.4, -0.2) is 30.0 Å². The topological polar surface area (TPSA) is 72.9 Å². The Hall–Kier alpha value is -6.92. The van der Waals surface area contributed by atoms with Crippen LogP contribution < -0.4 is 0 Å². The summed E-state index contributed by atoms with van der Waals surface area (Å²) < 4.78 is 4.64. The van der Waals surface area contributed by atoms with Gasteiger partial charge < -0.3 is 24.2 Å². The molecule has 0 bridgehead atoms. The van der Waals surface area contributed by atoms with Gasteiger partial charge in [0, 0.05) is 71.5 Å². The van der Waals surface area contributed by atoms with Crippen LogP contribution in [-0.2, 0) is 24.9 Å². The molecule has 0 saturated carbocycles. The molecule has 6 nitrogen and oxygen atoms in total. The van der Waals surface area contributed by atoms with E-state index in [0.29, 0.717) is 0 Å². The number of carbonyl (C=O) groups is 1. The number of aliphatic hydroxyl groups is 1. The summed E-state index contributed by atoms with van der Waals surface area (Å²) in [4.78, 5) is 19.3. The van der Waals surface area contributed by atoms with Gasteiger partial charge in [0.25, 0.3) is 0 Å². The van der Waals surface area contributed by atoms with Crippen LogP contribution >= 0.6 is 0 Å². The molecule has 1 radical (unpaired) electrons. The quantitative estimate of drug-likeness (QED) is 0.106. The number of rotatable bonds is 5. The van der Waals surface area contributed by atoms with Crippen LogP contribution in [0.4, 0.5) is 0 Å². The van der Waals surface area contributed by atoms with Gasteiger partial charge in [-0.1, -0.05) is 113 Å². The van der Waals surface area contributed by atoms with Crippen molar-refractivity contribution in [3.63, 3.8) is 0 Å². The standard InChI is InChI=1S/2C25H19N2.C5H8O2.Ir/c2*1-17-11-12-20(18(2)15-17)23-16-19(13-14-26-23)27-24-9-5-3-7-21(24)22-8-4-6-10-25(22)27;1-4(6)3-5(2)7;/h2*3-11,13-16H,1-2H3;3,6H,1-2H3;/q2*-1;;/b;;4-3-;. The third-order valence-corrected chi connectivity index (χ3v) is 10.7. The predicted octanol–water partition coefficient (Wildman–Crippen LogP) is 13.6. The van der Waals surface area contributed by atoms with Crippen molar-refractivity contribution in [2.75, 3.05) is 0 Å². The minimum Gasteiger partial charge on any atom is -0.512 e. The van der Waals surface area contributed by atoms with E-state index >= 15 is 0 Å². The van der Waals surface area contributed by atoms with Gasteiger partial charge in [-0.2, -0.15) is 0 Å². The van der Waals surface area contributed by atoms with Gasteiger partial charge in [-0.05, 0) is 61.6 Å². The first-order valence-corrected chi connectivity index (χ1v) is 20.3. The summed E-state index contributed by atoms with van der Waals surface area (Å²) in [7, 11) is 0. The molecule has 0 aliphatic rings. The zero-order chi connectivity index (χ0) is 42.6. The smallest absolute Gasteiger partial charge is 0.155 e. The second-order valence-corrected chi connectivity index (χ2v) is 15.4. The Bertz CT molecular complexity index is 2950. The fraction of sp³-hybridized carbons (Fsp3) is 0.109. The van der Waals surface area contributed by atoms with Gasteiger partial charge in [-0.25, -0.2) is 0 Å². The first-order chi connectivity index (χ1) is 29.6. The number of benzene rings is 6. The number of hydrogen-bond donors (Lipinski definition) is 1. The van der Waals surface area contributed by atoms with E-state index in [-0.39, 0.29) is 31.6 Å². The monoisotopic (exact) mass is 987 g/mol. The van der Waals surface area contributed by atoms with Crippen LogP contribution in [0.3, 0.4) is 0 Å². The second kappa shape index (κ2) is 18.8. The number of nitrogens with zero attached hydrogens (tertiary/aromatic N) is 4. The van der Waals surface area contributed by atoms with E-state index in [2.05, 4.69) is 192 Å². The molecule has 4 aromatic heterocycles. The van der Waals surface area contributed by atoms with E-state index in [1.165, 1.54) is 85.8 Å². The molecular weight excluding hydrogens is 941 g/mol. The maximum atomic E-state index is 10.0. The molecule has 0 fully saturated rings. The molecule has 0 aliphatic carbocycles. The maximum Gasteiger partial charge on any atom is 0.155 e. The van der Waals surface area contributed by atoms with Crippen LogP contribution in [0.2, 0.25) is 0 Å². The van der Waals surface area contributed by atoms with Crippen molar-refractivity contribution in [3.8, 4) is 33.9 Å². The minimum absolute atomic E-state index is 0. The number of aromatic nitrogens is 4. The van der Waals surface area contributed by atoms with Crippen molar-refractivity contribution < 1.29 is 30.0 Å².